The fraction of sp³-hybridized carbons (Fsp3) is 0.600. The van der Waals surface area contributed by atoms with E-state index in [1.807, 2.05) is 6.07 Å². The molecule has 0 aromatic heterocycles. The molecule has 0 bridgehead atoms. The van der Waals surface area contributed by atoms with Crippen LogP contribution in [0.5, 0.6) is 5.75 Å². The maximum absolute atomic E-state index is 12.9. The van der Waals surface area contributed by atoms with Gasteiger partial charge in [0, 0.05) is 17.5 Å². The molecule has 3 nitrogen and oxygen atoms in total. The van der Waals surface area contributed by atoms with Crippen molar-refractivity contribution in [2.75, 3.05) is 7.11 Å². The first-order chi connectivity index (χ1) is 10.7. The van der Waals surface area contributed by atoms with Crippen molar-refractivity contribution in [1.29, 1.82) is 0 Å². The van der Waals surface area contributed by atoms with Gasteiger partial charge in [-0.3, -0.25) is 9.59 Å². The molecule has 3 heteroatoms. The highest BCUT2D eigenvalue weighted by Crippen LogP contribution is 2.57. The number of rotatable bonds is 2. The molecule has 0 spiro atoms. The minimum absolute atomic E-state index is 0.0642. The monoisotopic (exact) mass is 314 g/mol. The number of benzene rings is 1. The van der Waals surface area contributed by atoms with Gasteiger partial charge in [0.15, 0.2) is 11.6 Å². The number of carbonyl (C=O) groups excluding carboxylic acids is 2. The lowest BCUT2D eigenvalue weighted by atomic mass is 9.50. The number of ether oxygens (including phenoxy) is 1. The highest BCUT2D eigenvalue weighted by atomic mass is 16.5. The van der Waals surface area contributed by atoms with Crippen LogP contribution in [0.15, 0.2) is 12.1 Å². The second kappa shape index (κ2) is 5.19. The quantitative estimate of drug-likeness (QED) is 0.751. The number of hydrogen-bond donors (Lipinski definition) is 0. The van der Waals surface area contributed by atoms with Crippen molar-refractivity contribution < 1.29 is 14.3 Å². The molecule has 2 aliphatic rings. The van der Waals surface area contributed by atoms with Crippen molar-refractivity contribution >= 4 is 11.6 Å². The molecular formula is C20H26O3. The average molecular weight is 314 g/mol. The molecule has 0 radical (unpaired) electrons. The standard InChI is InChI=1S/C20H26O3/c1-12(21)14-9-13(23-5)10-15-18(14)16(22)11-17-19(2,3)7-6-8-20(15,17)4/h9-10,17H,6-8,11H2,1-5H3/t17-,20+/m0/s1. The minimum atomic E-state index is -0.0657. The van der Waals surface area contributed by atoms with Crippen molar-refractivity contribution in [1.82, 2.24) is 0 Å². The van der Waals surface area contributed by atoms with E-state index in [-0.39, 0.29) is 22.4 Å². The van der Waals surface area contributed by atoms with Gasteiger partial charge in [0.05, 0.1) is 7.11 Å². The van der Waals surface area contributed by atoms with Gasteiger partial charge in [-0.25, -0.2) is 0 Å². The third-order valence-electron chi connectivity index (χ3n) is 6.24. The first-order valence-electron chi connectivity index (χ1n) is 8.47. The molecule has 0 unspecified atom stereocenters. The van der Waals surface area contributed by atoms with Gasteiger partial charge in [0.1, 0.15) is 5.75 Å². The second-order valence-corrected chi connectivity index (χ2v) is 8.09. The van der Waals surface area contributed by atoms with Gasteiger partial charge in [0.2, 0.25) is 0 Å². The Morgan fingerprint density at radius 2 is 1.91 bits per heavy atom. The Kier molecular flexibility index (Phi) is 3.66. The van der Waals surface area contributed by atoms with Gasteiger partial charge in [0.25, 0.3) is 0 Å². The largest absolute Gasteiger partial charge is 0.497 e. The van der Waals surface area contributed by atoms with Crippen LogP contribution in [-0.4, -0.2) is 18.7 Å². The molecule has 0 saturated heterocycles. The minimum Gasteiger partial charge on any atom is -0.497 e. The predicted octanol–water partition coefficient (Wildman–Crippen LogP) is 4.57. The van der Waals surface area contributed by atoms with E-state index in [2.05, 4.69) is 20.8 Å². The van der Waals surface area contributed by atoms with E-state index < -0.39 is 0 Å². The van der Waals surface area contributed by atoms with Crippen LogP contribution in [0.1, 0.15) is 79.7 Å². The summed E-state index contributed by atoms with van der Waals surface area (Å²) in [6, 6.07) is 3.71. The Bertz CT molecular complexity index is 686. The van der Waals surface area contributed by atoms with Crippen molar-refractivity contribution in [2.24, 2.45) is 11.3 Å². The molecule has 1 aromatic carbocycles. The van der Waals surface area contributed by atoms with Crippen molar-refractivity contribution in [3.05, 3.63) is 28.8 Å². The molecule has 0 N–H and O–H groups in total. The Labute approximate surface area is 138 Å². The predicted molar refractivity (Wildman–Crippen MR) is 90.4 cm³/mol. The van der Waals surface area contributed by atoms with E-state index in [0.717, 1.165) is 24.8 Å². The average Bonchev–Trinajstić information content (AvgIpc) is 2.48. The third-order valence-corrected chi connectivity index (χ3v) is 6.24. The van der Waals surface area contributed by atoms with Gasteiger partial charge in [-0.2, -0.15) is 0 Å². The zero-order chi connectivity index (χ0) is 17.0. The number of Topliss-reactive ketones (excluding diaryl/α,β-unsaturated/α-hetero) is 2. The number of carbonyl (C=O) groups is 2. The Morgan fingerprint density at radius 3 is 2.52 bits per heavy atom. The molecule has 2 aliphatic carbocycles. The number of ketones is 2. The van der Waals surface area contributed by atoms with Gasteiger partial charge < -0.3 is 4.74 Å². The summed E-state index contributed by atoms with van der Waals surface area (Å²) in [6.45, 7) is 8.35. The second-order valence-electron chi connectivity index (χ2n) is 8.09. The number of methoxy groups -OCH3 is 1. The molecule has 124 valence electrons. The smallest absolute Gasteiger partial charge is 0.164 e. The summed E-state index contributed by atoms with van der Waals surface area (Å²) >= 11 is 0. The first kappa shape index (κ1) is 16.2. The van der Waals surface area contributed by atoms with Gasteiger partial charge in [-0.15, -0.1) is 0 Å². The van der Waals surface area contributed by atoms with Gasteiger partial charge in [-0.1, -0.05) is 27.2 Å². The highest BCUT2D eigenvalue weighted by Gasteiger charge is 2.52. The lowest BCUT2D eigenvalue weighted by molar-refractivity contribution is 0.0366. The molecule has 0 aliphatic heterocycles. The van der Waals surface area contributed by atoms with Crippen molar-refractivity contribution in [3.8, 4) is 5.75 Å². The normalized spacial score (nSPS) is 28.7. The fourth-order valence-corrected chi connectivity index (χ4v) is 5.00. The Morgan fingerprint density at radius 1 is 1.22 bits per heavy atom. The van der Waals surface area contributed by atoms with Gasteiger partial charge in [-0.05, 0) is 54.2 Å². The zero-order valence-electron chi connectivity index (χ0n) is 14.8. The maximum Gasteiger partial charge on any atom is 0.164 e. The molecule has 23 heavy (non-hydrogen) atoms. The molecular weight excluding hydrogens is 288 g/mol. The molecule has 1 saturated carbocycles. The van der Waals surface area contributed by atoms with Crippen LogP contribution in [0.2, 0.25) is 0 Å². The highest BCUT2D eigenvalue weighted by molar-refractivity contribution is 6.10. The summed E-state index contributed by atoms with van der Waals surface area (Å²) in [5, 5.41) is 0. The molecule has 2 atom stereocenters. The van der Waals surface area contributed by atoms with E-state index >= 15 is 0 Å². The van der Waals surface area contributed by atoms with Crippen molar-refractivity contribution in [3.63, 3.8) is 0 Å². The van der Waals surface area contributed by atoms with Crippen LogP contribution < -0.4 is 4.74 Å². The van der Waals surface area contributed by atoms with E-state index in [0.29, 0.717) is 29.2 Å². The summed E-state index contributed by atoms with van der Waals surface area (Å²) in [6.07, 6.45) is 3.91. The first-order valence-corrected chi connectivity index (χ1v) is 8.47. The summed E-state index contributed by atoms with van der Waals surface area (Å²) in [7, 11) is 1.61. The van der Waals surface area contributed by atoms with Gasteiger partial charge >= 0.3 is 0 Å². The third kappa shape index (κ3) is 2.32. The van der Waals surface area contributed by atoms with E-state index in [1.165, 1.54) is 6.92 Å². The SMILES string of the molecule is COc1cc(C(C)=O)c2c(c1)[C@@]1(C)CCCC(C)(C)[C@@H]1CC2=O. The summed E-state index contributed by atoms with van der Waals surface area (Å²) in [5.41, 5.74) is 2.27. The zero-order valence-corrected chi connectivity index (χ0v) is 14.8. The van der Waals surface area contributed by atoms with E-state index in [9.17, 15) is 9.59 Å². The molecule has 1 fully saturated rings. The summed E-state index contributed by atoms with van der Waals surface area (Å²) in [5.74, 6) is 1.04. The van der Waals surface area contributed by atoms with Crippen LogP contribution in [-0.2, 0) is 5.41 Å². The molecule has 3 rings (SSSR count). The topological polar surface area (TPSA) is 43.4 Å². The molecule has 0 amide bonds. The summed E-state index contributed by atoms with van der Waals surface area (Å²) in [4.78, 5) is 25.0. The van der Waals surface area contributed by atoms with Crippen LogP contribution in [0.4, 0.5) is 0 Å². The Balaban J connectivity index is 2.29. The maximum atomic E-state index is 12.9. The number of fused-ring (bicyclic) bond motifs is 3. The van der Waals surface area contributed by atoms with Crippen LogP contribution in [0.3, 0.4) is 0 Å². The van der Waals surface area contributed by atoms with E-state index in [4.69, 9.17) is 4.74 Å². The van der Waals surface area contributed by atoms with Crippen LogP contribution in [0, 0.1) is 11.3 Å². The summed E-state index contributed by atoms with van der Waals surface area (Å²) < 4.78 is 5.42. The van der Waals surface area contributed by atoms with Crippen LogP contribution >= 0.6 is 0 Å². The lowest BCUT2D eigenvalue weighted by Crippen LogP contribution is -2.49. The Hall–Kier alpha value is -1.64. The lowest BCUT2D eigenvalue weighted by Gasteiger charge is -2.54. The molecule has 0 heterocycles. The van der Waals surface area contributed by atoms with Crippen molar-refractivity contribution in [2.45, 2.75) is 58.8 Å². The van der Waals surface area contributed by atoms with E-state index in [1.54, 1.807) is 13.2 Å². The molecule has 1 aromatic rings. The van der Waals surface area contributed by atoms with Crippen LogP contribution in [0.25, 0.3) is 0 Å². The number of hydrogen-bond acceptors (Lipinski definition) is 3. The fourth-order valence-electron chi connectivity index (χ4n) is 5.00.